The number of hydrogen-bond donors (Lipinski definition) is 1. The number of hydrogen-bond acceptors (Lipinski definition) is 2. The van der Waals surface area contributed by atoms with Gasteiger partial charge in [-0.05, 0) is 81.4 Å². The lowest BCUT2D eigenvalue weighted by Crippen LogP contribution is -2.39. The van der Waals surface area contributed by atoms with Gasteiger partial charge in [-0.2, -0.15) is 0 Å². The molecular formula is C18H30N2. The molecule has 0 saturated carbocycles. The first-order chi connectivity index (χ1) is 9.60. The van der Waals surface area contributed by atoms with Crippen molar-refractivity contribution in [3.05, 3.63) is 34.4 Å². The molecular weight excluding hydrogens is 244 g/mol. The zero-order valence-electron chi connectivity index (χ0n) is 13.6. The lowest BCUT2D eigenvalue weighted by Gasteiger charge is -2.32. The van der Waals surface area contributed by atoms with E-state index in [1.54, 1.807) is 0 Å². The van der Waals surface area contributed by atoms with Crippen molar-refractivity contribution >= 4 is 0 Å². The van der Waals surface area contributed by atoms with Crippen LogP contribution < -0.4 is 5.32 Å². The highest BCUT2D eigenvalue weighted by atomic mass is 15.1. The molecule has 1 unspecified atom stereocenters. The van der Waals surface area contributed by atoms with E-state index >= 15 is 0 Å². The van der Waals surface area contributed by atoms with Crippen LogP contribution in [0.1, 0.15) is 42.0 Å². The minimum absolute atomic E-state index is 0.829. The van der Waals surface area contributed by atoms with Crippen molar-refractivity contribution in [2.24, 2.45) is 5.92 Å². The Morgan fingerprint density at radius 2 is 1.90 bits per heavy atom. The fourth-order valence-electron chi connectivity index (χ4n) is 3.23. The Labute approximate surface area is 124 Å². The zero-order valence-corrected chi connectivity index (χ0v) is 13.6. The minimum Gasteiger partial charge on any atom is -0.312 e. The molecule has 1 heterocycles. The lowest BCUT2D eigenvalue weighted by molar-refractivity contribution is 0.180. The van der Waals surface area contributed by atoms with E-state index in [2.05, 4.69) is 50.0 Å². The van der Waals surface area contributed by atoms with Crippen molar-refractivity contribution < 1.29 is 0 Å². The molecule has 1 aromatic rings. The van der Waals surface area contributed by atoms with Crippen LogP contribution in [-0.4, -0.2) is 31.1 Å². The quantitative estimate of drug-likeness (QED) is 0.885. The number of likely N-dealkylation sites (tertiary alicyclic amines) is 1. The number of benzene rings is 1. The Hall–Kier alpha value is -0.860. The Balaban J connectivity index is 1.82. The predicted molar refractivity (Wildman–Crippen MR) is 87.2 cm³/mol. The number of nitrogens with zero attached hydrogens (tertiary/aromatic N) is 1. The summed E-state index contributed by atoms with van der Waals surface area (Å²) in [6.45, 7) is 14.8. The van der Waals surface area contributed by atoms with E-state index in [-0.39, 0.29) is 0 Å². The molecule has 2 rings (SSSR count). The van der Waals surface area contributed by atoms with Gasteiger partial charge in [0, 0.05) is 13.1 Å². The van der Waals surface area contributed by atoms with Gasteiger partial charge in [-0.3, -0.25) is 0 Å². The van der Waals surface area contributed by atoms with Crippen LogP contribution in [0.4, 0.5) is 0 Å². The number of piperidine rings is 1. The molecule has 1 aliphatic heterocycles. The van der Waals surface area contributed by atoms with E-state index < -0.39 is 0 Å². The van der Waals surface area contributed by atoms with Crippen LogP contribution in [0.2, 0.25) is 0 Å². The normalized spacial score (nSPS) is 20.3. The van der Waals surface area contributed by atoms with Crippen molar-refractivity contribution in [2.45, 2.75) is 47.1 Å². The molecule has 0 spiro atoms. The molecule has 1 aliphatic rings. The number of rotatable bonds is 5. The highest BCUT2D eigenvalue weighted by molar-refractivity contribution is 5.36. The fraction of sp³-hybridized carbons (Fsp3) is 0.667. The second-order valence-electron chi connectivity index (χ2n) is 6.40. The first-order valence-electron chi connectivity index (χ1n) is 8.10. The molecule has 2 heteroatoms. The van der Waals surface area contributed by atoms with E-state index in [4.69, 9.17) is 0 Å². The molecule has 0 amide bonds. The van der Waals surface area contributed by atoms with Crippen molar-refractivity contribution in [3.63, 3.8) is 0 Å². The Kier molecular flexibility index (Phi) is 5.62. The van der Waals surface area contributed by atoms with Gasteiger partial charge in [0.1, 0.15) is 0 Å². The maximum atomic E-state index is 3.68. The summed E-state index contributed by atoms with van der Waals surface area (Å²) >= 11 is 0. The standard InChI is InChI=1S/C18H30N2/c1-5-20-8-6-7-17(13-20)11-19-12-18-10-15(3)14(2)9-16(18)4/h9-10,17,19H,5-8,11-13H2,1-4H3. The van der Waals surface area contributed by atoms with Gasteiger partial charge in [0.15, 0.2) is 0 Å². The molecule has 20 heavy (non-hydrogen) atoms. The maximum Gasteiger partial charge on any atom is 0.0208 e. The average molecular weight is 274 g/mol. The van der Waals surface area contributed by atoms with Crippen LogP contribution in [0.3, 0.4) is 0 Å². The van der Waals surface area contributed by atoms with E-state index in [1.807, 2.05) is 0 Å². The van der Waals surface area contributed by atoms with Gasteiger partial charge in [-0.15, -0.1) is 0 Å². The highest BCUT2D eigenvalue weighted by Gasteiger charge is 2.18. The van der Waals surface area contributed by atoms with Crippen LogP contribution in [0.5, 0.6) is 0 Å². The SMILES string of the molecule is CCN1CCCC(CNCc2cc(C)c(C)cc2C)C1. The molecule has 1 saturated heterocycles. The first-order valence-corrected chi connectivity index (χ1v) is 8.10. The summed E-state index contributed by atoms with van der Waals surface area (Å²) in [4.78, 5) is 2.58. The third kappa shape index (κ3) is 4.07. The average Bonchev–Trinajstić information content (AvgIpc) is 2.44. The second kappa shape index (κ2) is 7.24. The lowest BCUT2D eigenvalue weighted by atomic mass is 9.97. The largest absolute Gasteiger partial charge is 0.312 e. The van der Waals surface area contributed by atoms with Crippen LogP contribution in [-0.2, 0) is 6.54 Å². The molecule has 1 atom stereocenters. The molecule has 1 aromatic carbocycles. The van der Waals surface area contributed by atoms with E-state index in [9.17, 15) is 0 Å². The van der Waals surface area contributed by atoms with Gasteiger partial charge in [0.25, 0.3) is 0 Å². The van der Waals surface area contributed by atoms with E-state index in [0.717, 1.165) is 19.0 Å². The van der Waals surface area contributed by atoms with Crippen molar-refractivity contribution in [2.75, 3.05) is 26.2 Å². The third-order valence-corrected chi connectivity index (χ3v) is 4.75. The molecule has 1 N–H and O–H groups in total. The van der Waals surface area contributed by atoms with Crippen molar-refractivity contribution in [3.8, 4) is 0 Å². The minimum atomic E-state index is 0.829. The van der Waals surface area contributed by atoms with Gasteiger partial charge < -0.3 is 10.2 Å². The zero-order chi connectivity index (χ0) is 14.5. The van der Waals surface area contributed by atoms with Crippen LogP contribution in [0.25, 0.3) is 0 Å². The topological polar surface area (TPSA) is 15.3 Å². The molecule has 0 aromatic heterocycles. The Morgan fingerprint density at radius 3 is 2.65 bits per heavy atom. The van der Waals surface area contributed by atoms with Gasteiger partial charge in [0.2, 0.25) is 0 Å². The molecule has 0 aliphatic carbocycles. The number of aryl methyl sites for hydroxylation is 3. The molecule has 0 radical (unpaired) electrons. The smallest absolute Gasteiger partial charge is 0.0208 e. The van der Waals surface area contributed by atoms with Gasteiger partial charge >= 0.3 is 0 Å². The van der Waals surface area contributed by atoms with Crippen molar-refractivity contribution in [1.82, 2.24) is 10.2 Å². The summed E-state index contributed by atoms with van der Waals surface area (Å²) in [7, 11) is 0. The summed E-state index contributed by atoms with van der Waals surface area (Å²) in [5.74, 6) is 0.829. The molecule has 0 bridgehead atoms. The van der Waals surface area contributed by atoms with Gasteiger partial charge in [-0.1, -0.05) is 19.1 Å². The Morgan fingerprint density at radius 1 is 1.15 bits per heavy atom. The fourth-order valence-corrected chi connectivity index (χ4v) is 3.23. The molecule has 1 fully saturated rings. The summed E-state index contributed by atoms with van der Waals surface area (Å²) < 4.78 is 0. The second-order valence-corrected chi connectivity index (χ2v) is 6.40. The summed E-state index contributed by atoms with van der Waals surface area (Å²) in [6.07, 6.45) is 2.75. The van der Waals surface area contributed by atoms with E-state index in [1.165, 1.54) is 54.7 Å². The predicted octanol–water partition coefficient (Wildman–Crippen LogP) is 3.43. The van der Waals surface area contributed by atoms with Gasteiger partial charge in [0.05, 0.1) is 0 Å². The highest BCUT2D eigenvalue weighted by Crippen LogP contribution is 2.17. The van der Waals surface area contributed by atoms with Crippen LogP contribution in [0.15, 0.2) is 12.1 Å². The first kappa shape index (κ1) is 15.5. The number of nitrogens with one attached hydrogen (secondary N) is 1. The maximum absolute atomic E-state index is 3.68. The van der Waals surface area contributed by atoms with Gasteiger partial charge in [-0.25, -0.2) is 0 Å². The van der Waals surface area contributed by atoms with Crippen LogP contribution >= 0.6 is 0 Å². The summed E-state index contributed by atoms with van der Waals surface area (Å²) in [5.41, 5.74) is 5.68. The van der Waals surface area contributed by atoms with Crippen LogP contribution in [0, 0.1) is 26.7 Å². The third-order valence-electron chi connectivity index (χ3n) is 4.75. The Bertz CT molecular complexity index is 439. The summed E-state index contributed by atoms with van der Waals surface area (Å²) in [5, 5.41) is 3.68. The molecule has 2 nitrogen and oxygen atoms in total. The monoisotopic (exact) mass is 274 g/mol. The van der Waals surface area contributed by atoms with Crippen molar-refractivity contribution in [1.29, 1.82) is 0 Å². The van der Waals surface area contributed by atoms with E-state index in [0.29, 0.717) is 0 Å². The summed E-state index contributed by atoms with van der Waals surface area (Å²) in [6, 6.07) is 4.66. The molecule has 112 valence electrons.